The normalized spacial score (nSPS) is 18.9. The molecule has 7 nitrogen and oxygen atoms in total. The Morgan fingerprint density at radius 3 is 2.25 bits per heavy atom. The minimum absolute atomic E-state index is 0.114. The SMILES string of the molecule is C[C@@H]1CCCCN1c1nc(F)c(F)c(S(=O)(=O)CCN2C(=O)c3ccccc3C2=O)c1F. The fourth-order valence-corrected chi connectivity index (χ4v) is 5.46. The number of piperidine rings is 1. The summed E-state index contributed by atoms with van der Waals surface area (Å²) in [5.74, 6) is -8.05. The minimum Gasteiger partial charge on any atom is -0.351 e. The summed E-state index contributed by atoms with van der Waals surface area (Å²) in [7, 11) is -4.75. The predicted molar refractivity (Wildman–Crippen MR) is 109 cm³/mol. The van der Waals surface area contributed by atoms with Crippen LogP contribution in [0.3, 0.4) is 0 Å². The van der Waals surface area contributed by atoms with E-state index in [-0.39, 0.29) is 17.2 Å². The van der Waals surface area contributed by atoms with Gasteiger partial charge in [-0.3, -0.25) is 14.5 Å². The molecular weight excluding hydrogens is 447 g/mol. The number of benzene rings is 1. The molecule has 0 unspecified atom stereocenters. The van der Waals surface area contributed by atoms with Crippen molar-refractivity contribution >= 4 is 27.5 Å². The first-order valence-electron chi connectivity index (χ1n) is 10.1. The van der Waals surface area contributed by atoms with E-state index in [9.17, 15) is 26.8 Å². The van der Waals surface area contributed by atoms with Crippen molar-refractivity contribution in [3.8, 4) is 0 Å². The van der Waals surface area contributed by atoms with E-state index in [0.717, 1.165) is 6.42 Å². The zero-order valence-electron chi connectivity index (χ0n) is 17.1. The van der Waals surface area contributed by atoms with Crippen LogP contribution in [0.5, 0.6) is 0 Å². The van der Waals surface area contributed by atoms with Crippen LogP contribution in [0.2, 0.25) is 0 Å². The lowest BCUT2D eigenvalue weighted by Gasteiger charge is -2.34. The van der Waals surface area contributed by atoms with E-state index in [1.54, 1.807) is 19.1 Å². The Hall–Kier alpha value is -2.95. The van der Waals surface area contributed by atoms with Crippen LogP contribution >= 0.6 is 0 Å². The van der Waals surface area contributed by atoms with Gasteiger partial charge in [-0.2, -0.15) is 9.37 Å². The molecule has 1 aromatic heterocycles. The monoisotopic (exact) mass is 467 g/mol. The second-order valence-corrected chi connectivity index (χ2v) is 9.89. The van der Waals surface area contributed by atoms with Gasteiger partial charge in [0.2, 0.25) is 0 Å². The standard InChI is InChI=1S/C21H20F3N3O4S/c1-12-6-4-5-9-26(12)19-16(23)17(15(22)18(24)25-19)32(30,31)11-10-27-20(28)13-7-2-3-8-14(13)21(27)29/h2-3,7-8,12H,4-6,9-11H2,1H3/t12-/m1/s1. The summed E-state index contributed by atoms with van der Waals surface area (Å²) < 4.78 is 69.5. The van der Waals surface area contributed by atoms with Crippen LogP contribution in [-0.2, 0) is 9.84 Å². The maximum atomic E-state index is 15.2. The van der Waals surface area contributed by atoms with E-state index >= 15 is 4.39 Å². The second-order valence-electron chi connectivity index (χ2n) is 7.85. The van der Waals surface area contributed by atoms with Crippen molar-refractivity contribution in [1.29, 1.82) is 0 Å². The van der Waals surface area contributed by atoms with Crippen molar-refractivity contribution in [1.82, 2.24) is 9.88 Å². The molecule has 0 bridgehead atoms. The largest absolute Gasteiger partial charge is 0.351 e. The Bertz CT molecular complexity index is 1180. The lowest BCUT2D eigenvalue weighted by molar-refractivity contribution is 0.0664. The number of halogens is 3. The van der Waals surface area contributed by atoms with Crippen LogP contribution in [0, 0.1) is 17.6 Å². The highest BCUT2D eigenvalue weighted by Crippen LogP contribution is 2.32. The molecule has 3 heterocycles. The quantitative estimate of drug-likeness (QED) is 0.496. The van der Waals surface area contributed by atoms with Crippen LogP contribution in [-0.4, -0.2) is 55.0 Å². The van der Waals surface area contributed by atoms with Gasteiger partial charge in [-0.05, 0) is 38.3 Å². The third kappa shape index (κ3) is 3.64. The van der Waals surface area contributed by atoms with E-state index in [0.29, 0.717) is 24.3 Å². The molecule has 2 aromatic rings. The summed E-state index contributed by atoms with van der Waals surface area (Å²) in [5, 5.41) is 0. The Morgan fingerprint density at radius 2 is 1.66 bits per heavy atom. The first-order valence-corrected chi connectivity index (χ1v) is 11.8. The summed E-state index contributed by atoms with van der Waals surface area (Å²) in [6, 6.07) is 5.72. The first kappa shape index (κ1) is 22.3. The van der Waals surface area contributed by atoms with Gasteiger partial charge < -0.3 is 4.90 Å². The molecule has 1 saturated heterocycles. The van der Waals surface area contributed by atoms with Crippen LogP contribution in [0.1, 0.15) is 46.9 Å². The molecule has 4 rings (SSSR count). The topological polar surface area (TPSA) is 87.7 Å². The molecule has 1 fully saturated rings. The zero-order chi connectivity index (χ0) is 23.2. The van der Waals surface area contributed by atoms with Crippen LogP contribution in [0.4, 0.5) is 19.0 Å². The summed E-state index contributed by atoms with van der Waals surface area (Å²) in [6.07, 6.45) is 2.21. The van der Waals surface area contributed by atoms with Crippen LogP contribution in [0.15, 0.2) is 29.2 Å². The maximum absolute atomic E-state index is 15.2. The maximum Gasteiger partial charge on any atom is 0.261 e. The molecule has 11 heteroatoms. The van der Waals surface area contributed by atoms with Crippen LogP contribution in [0.25, 0.3) is 0 Å². The third-order valence-corrected chi connectivity index (χ3v) is 7.53. The molecular formula is C21H20F3N3O4S. The van der Waals surface area contributed by atoms with E-state index in [1.807, 2.05) is 0 Å². The number of carbonyl (C=O) groups is 2. The van der Waals surface area contributed by atoms with Gasteiger partial charge in [-0.15, -0.1) is 0 Å². The third-order valence-electron chi connectivity index (χ3n) is 5.83. The number of sulfone groups is 1. The molecule has 2 amide bonds. The van der Waals surface area contributed by atoms with E-state index < -0.39 is 62.2 Å². The highest BCUT2D eigenvalue weighted by molar-refractivity contribution is 7.91. The number of pyridine rings is 1. The van der Waals surface area contributed by atoms with Crippen LogP contribution < -0.4 is 4.90 Å². The lowest BCUT2D eigenvalue weighted by atomic mass is 10.0. The Kier molecular flexibility index (Phi) is 5.70. The first-order chi connectivity index (χ1) is 15.1. The van der Waals surface area contributed by atoms with Gasteiger partial charge >= 0.3 is 0 Å². The highest BCUT2D eigenvalue weighted by Gasteiger charge is 2.38. The number of fused-ring (bicyclic) bond motifs is 1. The number of carbonyl (C=O) groups excluding carboxylic acids is 2. The van der Waals surface area contributed by atoms with Gasteiger partial charge in [0.15, 0.2) is 27.3 Å². The molecule has 2 aliphatic heterocycles. The molecule has 1 atom stereocenters. The van der Waals surface area contributed by atoms with Crippen molar-refractivity contribution < 1.29 is 31.2 Å². The molecule has 0 saturated carbocycles. The van der Waals surface area contributed by atoms with Crippen molar-refractivity contribution in [3.05, 3.63) is 53.0 Å². The zero-order valence-corrected chi connectivity index (χ0v) is 18.0. The van der Waals surface area contributed by atoms with Gasteiger partial charge in [-0.1, -0.05) is 12.1 Å². The molecule has 2 aliphatic rings. The van der Waals surface area contributed by atoms with E-state index in [4.69, 9.17) is 0 Å². The van der Waals surface area contributed by atoms with E-state index in [2.05, 4.69) is 4.98 Å². The summed E-state index contributed by atoms with van der Waals surface area (Å²) in [4.78, 5) is 28.9. The minimum atomic E-state index is -4.75. The lowest BCUT2D eigenvalue weighted by Crippen LogP contribution is -2.39. The number of amides is 2. The van der Waals surface area contributed by atoms with E-state index in [1.165, 1.54) is 17.0 Å². The number of aromatic nitrogens is 1. The highest BCUT2D eigenvalue weighted by atomic mass is 32.2. The fraction of sp³-hybridized carbons (Fsp3) is 0.381. The van der Waals surface area contributed by atoms with Gasteiger partial charge in [0.25, 0.3) is 17.8 Å². The Morgan fingerprint density at radius 1 is 1.03 bits per heavy atom. The molecule has 1 aromatic carbocycles. The Labute approximate surface area is 182 Å². The fourth-order valence-electron chi connectivity index (χ4n) is 4.11. The van der Waals surface area contributed by atoms with Crippen molar-refractivity contribution in [2.75, 3.05) is 23.7 Å². The number of hydrogen-bond acceptors (Lipinski definition) is 6. The number of hydrogen-bond donors (Lipinski definition) is 0. The van der Waals surface area contributed by atoms with Crippen molar-refractivity contribution in [2.24, 2.45) is 0 Å². The van der Waals surface area contributed by atoms with Crippen molar-refractivity contribution in [2.45, 2.75) is 37.1 Å². The number of imide groups is 1. The van der Waals surface area contributed by atoms with Gasteiger partial charge in [0.05, 0.1) is 16.9 Å². The molecule has 0 radical (unpaired) electrons. The summed E-state index contributed by atoms with van der Waals surface area (Å²) in [5.41, 5.74) is 0.229. The Balaban J connectivity index is 1.64. The summed E-state index contributed by atoms with van der Waals surface area (Å²) >= 11 is 0. The molecule has 32 heavy (non-hydrogen) atoms. The molecule has 0 spiro atoms. The number of nitrogens with zero attached hydrogens (tertiary/aromatic N) is 3. The smallest absolute Gasteiger partial charge is 0.261 e. The summed E-state index contributed by atoms with van der Waals surface area (Å²) in [6.45, 7) is 1.45. The molecule has 0 N–H and O–H groups in total. The average molecular weight is 467 g/mol. The molecule has 170 valence electrons. The number of anilines is 1. The van der Waals surface area contributed by atoms with Gasteiger partial charge in [0, 0.05) is 19.1 Å². The molecule has 0 aliphatic carbocycles. The second kappa shape index (κ2) is 8.19. The average Bonchev–Trinajstić information content (AvgIpc) is 3.00. The van der Waals surface area contributed by atoms with Crippen molar-refractivity contribution in [3.63, 3.8) is 0 Å². The number of rotatable bonds is 5. The van der Waals surface area contributed by atoms with Gasteiger partial charge in [0.1, 0.15) is 4.90 Å². The van der Waals surface area contributed by atoms with Gasteiger partial charge in [-0.25, -0.2) is 17.2 Å². The predicted octanol–water partition coefficient (Wildman–Crippen LogP) is 2.95.